The number of carbonyl (C=O) groups is 9. The second-order valence-corrected chi connectivity index (χ2v) is 27.1. The van der Waals surface area contributed by atoms with Crippen molar-refractivity contribution in [3.63, 3.8) is 0 Å². The van der Waals surface area contributed by atoms with E-state index in [1.165, 1.54) is 0 Å². The molecule has 9 heterocycles. The number of rotatable bonds is 48. The smallest absolute Gasteiger partial charge is 0.307 e. The van der Waals surface area contributed by atoms with Gasteiger partial charge in [-0.15, -0.1) is 0 Å². The molecule has 93 heavy (non-hydrogen) atoms. The number of hydrogen-bond acceptors (Lipinski definition) is 28. The Morgan fingerprint density at radius 1 is 0.290 bits per heavy atom. The molecule has 0 aromatic rings. The highest BCUT2D eigenvalue weighted by molar-refractivity contribution is 5.73. The van der Waals surface area contributed by atoms with Gasteiger partial charge < -0.3 is 77.1 Å². The quantitative estimate of drug-likeness (QED) is 0.0482. The van der Waals surface area contributed by atoms with Crippen LogP contribution in [0, 0.1) is 16.2 Å². The van der Waals surface area contributed by atoms with E-state index in [-0.39, 0.29) is 132 Å². The number of carbonyl (C=O) groups excluding carboxylic acids is 9. The highest BCUT2D eigenvalue weighted by Gasteiger charge is 2.40. The number of esters is 9. The molecule has 0 aromatic heterocycles. The van der Waals surface area contributed by atoms with Gasteiger partial charge in [0.05, 0.1) is 80.6 Å². The zero-order chi connectivity index (χ0) is 66.8. The third-order valence-electron chi connectivity index (χ3n) is 18.5. The van der Waals surface area contributed by atoms with Gasteiger partial charge in [0, 0.05) is 175 Å². The topological polar surface area (TPSA) is 284 Å². The molecule has 28 nitrogen and oxygen atoms in total. The first kappa shape index (κ1) is 75.2. The Labute approximate surface area is 549 Å². The standard InChI is InChI=1S/C24H41N3O6.C21H35N3O6.C20H33N3O7/c1-5-24(15-31-21(28)6-9-25-12-18(25)2,16-32-22(29)7-10-26-13-19(26)3)17-33-23(30)8-11-27-14-20(27)4;1-2-21(15-28-18(25)3-6-22-9-10-22,16-29-19(26)4-7-23-11-12-23)17-30-20(27)5-8-24-13-14-24;24-13-20(14-28-17(25)1-4-21-7-8-21,15-29-18(26)2-5-22-9-10-22)16-30-19(27)3-6-23-11-12-23/h18-20H,5-17H2,1-4H3;2-17H2,1H3;24H,1-16H2. The molecule has 9 fully saturated rings. The Kier molecular flexibility index (Phi) is 30.7. The summed E-state index contributed by atoms with van der Waals surface area (Å²) in [5, 5.41) is 10.0. The Morgan fingerprint density at radius 3 is 0.570 bits per heavy atom. The minimum Gasteiger partial charge on any atom is -0.465 e. The average molecular weight is 1320 g/mol. The van der Waals surface area contributed by atoms with Crippen LogP contribution in [0.1, 0.15) is 105 Å². The van der Waals surface area contributed by atoms with Crippen molar-refractivity contribution >= 4 is 53.7 Å². The van der Waals surface area contributed by atoms with E-state index >= 15 is 0 Å². The molecule has 528 valence electrons. The minimum atomic E-state index is -1.17. The van der Waals surface area contributed by atoms with E-state index < -0.39 is 22.9 Å². The number of aliphatic hydroxyl groups excluding tert-OH is 1. The van der Waals surface area contributed by atoms with E-state index in [9.17, 15) is 48.3 Å². The van der Waals surface area contributed by atoms with Crippen LogP contribution in [0.3, 0.4) is 0 Å². The molecule has 9 saturated heterocycles. The van der Waals surface area contributed by atoms with Gasteiger partial charge in [-0.1, -0.05) is 13.8 Å². The molecule has 6 atom stereocenters. The molecular weight excluding hydrogens is 1210 g/mol. The molecule has 1 N–H and O–H groups in total. The van der Waals surface area contributed by atoms with E-state index in [4.69, 9.17) is 42.6 Å². The molecule has 9 rings (SSSR count). The number of aliphatic hydroxyl groups is 1. The molecule has 0 aromatic carbocycles. The molecule has 0 saturated carbocycles. The summed E-state index contributed by atoms with van der Waals surface area (Å²) in [5.41, 5.74) is -2.63. The van der Waals surface area contributed by atoms with Gasteiger partial charge >= 0.3 is 53.7 Å². The SMILES string of the molecule is CCC(COC(=O)CCN1CC1)(COC(=O)CCN1CC1)COC(=O)CCN1CC1.CCC(COC(=O)CCN1CC1C)(COC(=O)CCN1CC1C)COC(=O)CCN1CC1C.O=C(CCN1CC1)OCC(CO)(COC(=O)CCN1CC1)COC(=O)CCN1CC1. The molecule has 0 spiro atoms. The summed E-state index contributed by atoms with van der Waals surface area (Å²) < 4.78 is 49.1. The third-order valence-corrected chi connectivity index (χ3v) is 18.5. The van der Waals surface area contributed by atoms with Crippen molar-refractivity contribution in [3.05, 3.63) is 0 Å². The van der Waals surface area contributed by atoms with Crippen LogP contribution < -0.4 is 0 Å². The summed E-state index contributed by atoms with van der Waals surface area (Å²) in [6, 6.07) is 1.61. The first-order valence-corrected chi connectivity index (χ1v) is 34.2. The number of ether oxygens (including phenoxy) is 9. The average Bonchev–Trinajstić information content (AvgIpc) is 2.33. The lowest BCUT2D eigenvalue weighted by Crippen LogP contribution is -2.42. The molecule has 9 aliphatic heterocycles. The zero-order valence-electron chi connectivity index (χ0n) is 56.4. The second-order valence-electron chi connectivity index (χ2n) is 27.1. The summed E-state index contributed by atoms with van der Waals surface area (Å²) in [4.78, 5) is 129. The Balaban J connectivity index is 0.000000198. The fourth-order valence-corrected chi connectivity index (χ4v) is 9.65. The van der Waals surface area contributed by atoms with Crippen LogP contribution in [0.5, 0.6) is 0 Å². The molecule has 9 aliphatic rings. The van der Waals surface area contributed by atoms with E-state index in [2.05, 4.69) is 64.9 Å². The maximum Gasteiger partial charge on any atom is 0.307 e. The highest BCUT2D eigenvalue weighted by atomic mass is 16.6. The molecule has 28 heteroatoms. The lowest BCUT2D eigenvalue weighted by atomic mass is 9.88. The normalized spacial score (nSPS) is 23.2. The largest absolute Gasteiger partial charge is 0.465 e. The number of nitrogens with zero attached hydrogens (tertiary/aromatic N) is 9. The molecule has 6 unspecified atom stereocenters. The molecular formula is C65H109N9O19. The van der Waals surface area contributed by atoms with E-state index in [1.807, 2.05) is 13.8 Å². The maximum atomic E-state index is 12.3. The summed E-state index contributed by atoms with van der Waals surface area (Å²) >= 11 is 0. The monoisotopic (exact) mass is 1320 g/mol. The number of hydrogen-bond donors (Lipinski definition) is 1. The van der Waals surface area contributed by atoms with E-state index in [0.29, 0.717) is 128 Å². The maximum absolute atomic E-state index is 12.3. The third kappa shape index (κ3) is 32.4. The van der Waals surface area contributed by atoms with Crippen LogP contribution in [0.4, 0.5) is 0 Å². The minimum absolute atomic E-state index is 0.0603. The fourth-order valence-electron chi connectivity index (χ4n) is 9.65. The molecule has 0 bridgehead atoms. The van der Waals surface area contributed by atoms with Crippen molar-refractivity contribution in [2.75, 3.05) is 223 Å². The Bertz CT molecular complexity index is 2070. The van der Waals surface area contributed by atoms with Crippen LogP contribution in [0.2, 0.25) is 0 Å². The van der Waals surface area contributed by atoms with Crippen LogP contribution in [-0.4, -0.2) is 344 Å². The lowest BCUT2D eigenvalue weighted by molar-refractivity contribution is -0.167. The lowest BCUT2D eigenvalue weighted by Gasteiger charge is -2.31. The molecule has 0 amide bonds. The first-order chi connectivity index (χ1) is 44.7. The molecule has 0 radical (unpaired) electrons. The summed E-state index contributed by atoms with van der Waals surface area (Å²) in [7, 11) is 0. The van der Waals surface area contributed by atoms with Crippen molar-refractivity contribution in [3.8, 4) is 0 Å². The van der Waals surface area contributed by atoms with Crippen molar-refractivity contribution < 1.29 is 90.9 Å². The van der Waals surface area contributed by atoms with Crippen molar-refractivity contribution in [1.29, 1.82) is 0 Å². The van der Waals surface area contributed by atoms with E-state index in [0.717, 1.165) is 98.2 Å². The first-order valence-electron chi connectivity index (χ1n) is 34.2. The Morgan fingerprint density at radius 2 is 0.441 bits per heavy atom. The van der Waals surface area contributed by atoms with Gasteiger partial charge in [0.15, 0.2) is 0 Å². The highest BCUT2D eigenvalue weighted by Crippen LogP contribution is 2.29. The van der Waals surface area contributed by atoms with Gasteiger partial charge in [-0.2, -0.15) is 0 Å². The van der Waals surface area contributed by atoms with Crippen LogP contribution in [-0.2, 0) is 85.8 Å². The predicted octanol–water partition coefficient (Wildman–Crippen LogP) is 0.136. The van der Waals surface area contributed by atoms with Gasteiger partial charge in [0.2, 0.25) is 0 Å². The zero-order valence-corrected chi connectivity index (χ0v) is 56.4. The van der Waals surface area contributed by atoms with Crippen molar-refractivity contribution in [1.82, 2.24) is 44.1 Å². The predicted molar refractivity (Wildman–Crippen MR) is 337 cm³/mol. The van der Waals surface area contributed by atoms with Gasteiger partial charge in [0.1, 0.15) is 59.5 Å². The summed E-state index contributed by atoms with van der Waals surface area (Å²) in [6.07, 6.45) is 3.87. The van der Waals surface area contributed by atoms with Crippen molar-refractivity contribution in [2.24, 2.45) is 16.2 Å². The van der Waals surface area contributed by atoms with Crippen LogP contribution in [0.15, 0.2) is 0 Å². The van der Waals surface area contributed by atoms with Gasteiger partial charge in [0.25, 0.3) is 0 Å². The van der Waals surface area contributed by atoms with E-state index in [1.54, 1.807) is 0 Å². The van der Waals surface area contributed by atoms with Gasteiger partial charge in [-0.05, 0) is 33.6 Å². The van der Waals surface area contributed by atoms with Gasteiger partial charge in [-0.3, -0.25) is 57.9 Å². The molecule has 0 aliphatic carbocycles. The second kappa shape index (κ2) is 37.9. The fraction of sp³-hybridized carbons (Fsp3) is 0.862. The summed E-state index contributed by atoms with van der Waals surface area (Å²) in [6.45, 7) is 31.0. The van der Waals surface area contributed by atoms with Gasteiger partial charge in [-0.25, -0.2) is 0 Å². The van der Waals surface area contributed by atoms with Crippen LogP contribution >= 0.6 is 0 Å². The van der Waals surface area contributed by atoms with Crippen molar-refractivity contribution in [2.45, 2.75) is 123 Å². The summed E-state index contributed by atoms with van der Waals surface area (Å²) in [5.74, 6) is -2.84. The Hall–Kier alpha value is -5.17. The van der Waals surface area contributed by atoms with Crippen LogP contribution in [0.25, 0.3) is 0 Å².